The summed E-state index contributed by atoms with van der Waals surface area (Å²) in [6.45, 7) is 5.89. The van der Waals surface area contributed by atoms with Crippen LogP contribution in [0.1, 0.15) is 35.8 Å². The summed E-state index contributed by atoms with van der Waals surface area (Å²) >= 11 is 0. The average molecular weight is 397 g/mol. The normalized spacial score (nSPS) is 16.3. The molecule has 0 aliphatic carbocycles. The predicted molar refractivity (Wildman–Crippen MR) is 108 cm³/mol. The van der Waals surface area contributed by atoms with Gasteiger partial charge < -0.3 is 19.7 Å². The molecule has 1 aliphatic heterocycles. The van der Waals surface area contributed by atoms with Crippen LogP contribution in [0.25, 0.3) is 5.69 Å². The van der Waals surface area contributed by atoms with Crippen LogP contribution >= 0.6 is 0 Å². The quantitative estimate of drug-likeness (QED) is 0.757. The zero-order valence-electron chi connectivity index (χ0n) is 17.1. The van der Waals surface area contributed by atoms with Gasteiger partial charge in [0.1, 0.15) is 5.75 Å². The second-order valence-electron chi connectivity index (χ2n) is 6.98. The summed E-state index contributed by atoms with van der Waals surface area (Å²) in [4.78, 5) is 14.6. The van der Waals surface area contributed by atoms with Crippen LogP contribution in [0.4, 0.5) is 4.79 Å². The van der Waals surface area contributed by atoms with Gasteiger partial charge in [-0.15, -0.1) is 0 Å². The molecule has 3 rings (SSSR count). The van der Waals surface area contributed by atoms with Crippen LogP contribution in [0, 0.1) is 25.2 Å². The standard InChI is InChI=1S/C21H27N5O3/c1-15-20(16(2)26(24-15)17-7-6-8-18(13-17)28-3)19-14-29-12-11-25(19)21(27)23-10-5-4-9-22/h6-8,13,19H,4-5,10-12,14H2,1-3H3,(H,23,27). The van der Waals surface area contributed by atoms with E-state index in [-0.39, 0.29) is 12.1 Å². The Morgan fingerprint density at radius 3 is 3.03 bits per heavy atom. The third-order valence-electron chi connectivity index (χ3n) is 5.11. The molecule has 8 nitrogen and oxygen atoms in total. The monoisotopic (exact) mass is 397 g/mol. The van der Waals surface area contributed by atoms with Gasteiger partial charge in [-0.3, -0.25) is 0 Å². The molecule has 1 fully saturated rings. The maximum Gasteiger partial charge on any atom is 0.318 e. The minimum Gasteiger partial charge on any atom is -0.497 e. The number of methoxy groups -OCH3 is 1. The summed E-state index contributed by atoms with van der Waals surface area (Å²) in [5.74, 6) is 0.760. The minimum absolute atomic E-state index is 0.135. The summed E-state index contributed by atoms with van der Waals surface area (Å²) in [5, 5.41) is 16.3. The number of nitriles is 1. The van der Waals surface area contributed by atoms with E-state index in [0.717, 1.165) is 28.4 Å². The van der Waals surface area contributed by atoms with Crippen molar-refractivity contribution in [3.63, 3.8) is 0 Å². The number of unbranched alkanes of at least 4 members (excludes halogenated alkanes) is 1. The van der Waals surface area contributed by atoms with Crippen LogP contribution in [0.3, 0.4) is 0 Å². The average Bonchev–Trinajstić information content (AvgIpc) is 3.05. The number of amides is 2. The molecule has 2 aromatic rings. The van der Waals surface area contributed by atoms with Crippen molar-refractivity contribution < 1.29 is 14.3 Å². The van der Waals surface area contributed by atoms with Gasteiger partial charge in [-0.2, -0.15) is 10.4 Å². The largest absolute Gasteiger partial charge is 0.497 e. The lowest BCUT2D eigenvalue weighted by atomic mass is 10.0. The Morgan fingerprint density at radius 2 is 2.28 bits per heavy atom. The Hall–Kier alpha value is -3.05. The molecule has 29 heavy (non-hydrogen) atoms. The molecule has 1 unspecified atom stereocenters. The molecule has 1 aliphatic rings. The fourth-order valence-electron chi connectivity index (χ4n) is 3.68. The third-order valence-corrected chi connectivity index (χ3v) is 5.11. The number of rotatable bonds is 6. The van der Waals surface area contributed by atoms with E-state index in [0.29, 0.717) is 39.1 Å². The molecule has 1 aromatic heterocycles. The van der Waals surface area contributed by atoms with Gasteiger partial charge in [0.25, 0.3) is 0 Å². The second-order valence-corrected chi connectivity index (χ2v) is 6.98. The molecule has 0 saturated carbocycles. The number of morpholine rings is 1. The SMILES string of the molecule is COc1cccc(-n2nc(C)c(C3COCCN3C(=O)NCCCC#N)c2C)c1. The fraction of sp³-hybridized carbons (Fsp3) is 0.476. The molecule has 0 spiro atoms. The maximum atomic E-state index is 12.8. The summed E-state index contributed by atoms with van der Waals surface area (Å²) < 4.78 is 12.9. The maximum absolute atomic E-state index is 12.8. The second kappa shape index (κ2) is 9.43. The molecule has 0 radical (unpaired) electrons. The highest BCUT2D eigenvalue weighted by Gasteiger charge is 2.32. The van der Waals surface area contributed by atoms with Crippen molar-refractivity contribution >= 4 is 6.03 Å². The molecule has 1 saturated heterocycles. The molecule has 1 aromatic carbocycles. The van der Waals surface area contributed by atoms with Crippen molar-refractivity contribution in [1.82, 2.24) is 20.0 Å². The molecular weight excluding hydrogens is 370 g/mol. The number of hydrogen-bond donors (Lipinski definition) is 1. The first kappa shape index (κ1) is 20.7. The molecule has 0 bridgehead atoms. The van der Waals surface area contributed by atoms with Crippen molar-refractivity contribution in [2.45, 2.75) is 32.7 Å². The van der Waals surface area contributed by atoms with E-state index in [1.165, 1.54) is 0 Å². The predicted octanol–water partition coefficient (Wildman–Crippen LogP) is 2.88. The number of carbonyl (C=O) groups is 1. The lowest BCUT2D eigenvalue weighted by Gasteiger charge is -2.36. The molecule has 8 heteroatoms. The van der Waals surface area contributed by atoms with Crippen molar-refractivity contribution in [3.8, 4) is 17.5 Å². The van der Waals surface area contributed by atoms with E-state index in [1.807, 2.05) is 47.7 Å². The van der Waals surface area contributed by atoms with Gasteiger partial charge in [0.2, 0.25) is 0 Å². The molecule has 1 atom stereocenters. The van der Waals surface area contributed by atoms with Gasteiger partial charge in [-0.1, -0.05) is 6.07 Å². The smallest absolute Gasteiger partial charge is 0.318 e. The van der Waals surface area contributed by atoms with Crippen molar-refractivity contribution in [2.75, 3.05) is 33.4 Å². The van der Waals surface area contributed by atoms with Crippen molar-refractivity contribution in [3.05, 3.63) is 41.2 Å². The summed E-state index contributed by atoms with van der Waals surface area (Å²) in [6, 6.07) is 9.47. The molecule has 2 heterocycles. The summed E-state index contributed by atoms with van der Waals surface area (Å²) in [5.41, 5.74) is 3.73. The number of benzene rings is 1. The first-order valence-electron chi connectivity index (χ1n) is 9.76. The highest BCUT2D eigenvalue weighted by atomic mass is 16.5. The molecule has 2 amide bonds. The van der Waals surface area contributed by atoms with E-state index in [4.69, 9.17) is 19.8 Å². The van der Waals surface area contributed by atoms with Crippen LogP contribution in [0.2, 0.25) is 0 Å². The number of urea groups is 1. The van der Waals surface area contributed by atoms with E-state index in [2.05, 4.69) is 11.4 Å². The molecule has 1 N–H and O–H groups in total. The van der Waals surface area contributed by atoms with Crippen molar-refractivity contribution in [2.24, 2.45) is 0 Å². The van der Waals surface area contributed by atoms with Crippen molar-refractivity contribution in [1.29, 1.82) is 5.26 Å². The topological polar surface area (TPSA) is 92.4 Å². The van der Waals surface area contributed by atoms with E-state index < -0.39 is 0 Å². The number of ether oxygens (including phenoxy) is 2. The van der Waals surface area contributed by atoms with Gasteiger partial charge in [-0.25, -0.2) is 9.48 Å². The lowest BCUT2D eigenvalue weighted by molar-refractivity contribution is 0.0112. The zero-order valence-corrected chi connectivity index (χ0v) is 17.1. The summed E-state index contributed by atoms with van der Waals surface area (Å²) in [6.07, 6.45) is 1.07. The molecular formula is C21H27N5O3. The van der Waals surface area contributed by atoms with Crippen LogP contribution < -0.4 is 10.1 Å². The van der Waals surface area contributed by atoms with E-state index in [1.54, 1.807) is 7.11 Å². The van der Waals surface area contributed by atoms with E-state index >= 15 is 0 Å². The first-order valence-corrected chi connectivity index (χ1v) is 9.76. The highest BCUT2D eigenvalue weighted by Crippen LogP contribution is 2.31. The van der Waals surface area contributed by atoms with Gasteiger partial charge in [-0.05, 0) is 32.4 Å². The van der Waals surface area contributed by atoms with Crippen LogP contribution in [0.15, 0.2) is 24.3 Å². The van der Waals surface area contributed by atoms with Gasteiger partial charge >= 0.3 is 6.03 Å². The van der Waals surface area contributed by atoms with Crippen LogP contribution in [0.5, 0.6) is 5.75 Å². The van der Waals surface area contributed by atoms with Gasteiger partial charge in [0, 0.05) is 36.8 Å². The molecule has 154 valence electrons. The number of nitrogens with zero attached hydrogens (tertiary/aromatic N) is 4. The number of hydrogen-bond acceptors (Lipinski definition) is 5. The Kier molecular flexibility index (Phi) is 6.73. The lowest BCUT2D eigenvalue weighted by Crippen LogP contribution is -2.48. The van der Waals surface area contributed by atoms with Crippen LogP contribution in [-0.2, 0) is 4.74 Å². The third kappa shape index (κ3) is 4.51. The Morgan fingerprint density at radius 1 is 1.45 bits per heavy atom. The number of aromatic nitrogens is 2. The fourth-order valence-corrected chi connectivity index (χ4v) is 3.68. The zero-order chi connectivity index (χ0) is 20.8. The minimum atomic E-state index is -0.209. The number of aryl methyl sites for hydroxylation is 1. The highest BCUT2D eigenvalue weighted by molar-refractivity contribution is 5.75. The van der Waals surface area contributed by atoms with E-state index in [9.17, 15) is 4.79 Å². The number of carbonyl (C=O) groups excluding carboxylic acids is 1. The van der Waals surface area contributed by atoms with Crippen LogP contribution in [-0.4, -0.2) is 54.1 Å². The first-order chi connectivity index (χ1) is 14.1. The summed E-state index contributed by atoms with van der Waals surface area (Å²) in [7, 11) is 1.64. The van der Waals surface area contributed by atoms with Gasteiger partial charge in [0.05, 0.1) is 43.8 Å². The Balaban J connectivity index is 1.86. The Labute approximate surface area is 171 Å². The van der Waals surface area contributed by atoms with Gasteiger partial charge in [0.15, 0.2) is 0 Å². The number of nitrogens with one attached hydrogen (secondary N) is 1. The Bertz CT molecular complexity index is 902.